The molecule has 0 saturated heterocycles. The molecule has 2 atom stereocenters. The molecule has 2 aromatic carbocycles. The van der Waals surface area contributed by atoms with Gasteiger partial charge in [-0.05, 0) is 60.1 Å². The zero-order valence-electron chi connectivity index (χ0n) is 25.2. The zero-order valence-corrected chi connectivity index (χ0v) is 25.2. The smallest absolute Gasteiger partial charge is 0.248 e. The summed E-state index contributed by atoms with van der Waals surface area (Å²) in [6.07, 6.45) is 3.37. The van der Waals surface area contributed by atoms with Gasteiger partial charge in [0, 0.05) is 31.8 Å². The molecule has 1 aliphatic rings. The van der Waals surface area contributed by atoms with Crippen LogP contribution in [-0.4, -0.2) is 49.0 Å². The predicted octanol–water partition coefficient (Wildman–Crippen LogP) is 4.06. The van der Waals surface area contributed by atoms with Crippen LogP contribution in [0.3, 0.4) is 0 Å². The minimum Gasteiger partial charge on any atom is -0.493 e. The molecule has 42 heavy (non-hydrogen) atoms. The Morgan fingerprint density at radius 3 is 2.40 bits per heavy atom. The van der Waals surface area contributed by atoms with E-state index in [9.17, 15) is 14.4 Å². The fourth-order valence-corrected chi connectivity index (χ4v) is 5.41. The van der Waals surface area contributed by atoms with Crippen LogP contribution in [0.4, 0.5) is 11.5 Å². The Morgan fingerprint density at radius 1 is 1.07 bits per heavy atom. The number of fused-ring (bicyclic) bond motifs is 3. The quantitative estimate of drug-likeness (QED) is 0.329. The number of anilines is 2. The molecule has 11 nitrogen and oxygen atoms in total. The number of rotatable bonds is 10. The van der Waals surface area contributed by atoms with E-state index in [-0.39, 0.29) is 28.8 Å². The standard InChI is InChI=1S/C31H39N5O6/c1-17(2)14-24(31(39)34-27-12-13-36(4)35-27)33-23-11-9-20-21(16-25(23)38)22(32-18(3)37)10-8-19-15-26(40-5)29(41-6)30(42-7)28(19)20/h9,11-13,15-17,22,24H,8,10,14H2,1-7H3,(H,32,37)(H,33,38)(H,34,35,39)/t22-,24-/m0/s1. The van der Waals surface area contributed by atoms with Crippen molar-refractivity contribution < 1.29 is 23.8 Å². The summed E-state index contributed by atoms with van der Waals surface area (Å²) in [6.45, 7) is 5.48. The lowest BCUT2D eigenvalue weighted by Crippen LogP contribution is -2.37. The Kier molecular flexibility index (Phi) is 9.39. The highest BCUT2D eigenvalue weighted by molar-refractivity contribution is 5.96. The van der Waals surface area contributed by atoms with E-state index in [1.165, 1.54) is 20.1 Å². The van der Waals surface area contributed by atoms with Gasteiger partial charge in [-0.1, -0.05) is 19.9 Å². The molecule has 0 aliphatic heterocycles. The van der Waals surface area contributed by atoms with Gasteiger partial charge >= 0.3 is 0 Å². The zero-order chi connectivity index (χ0) is 30.6. The summed E-state index contributed by atoms with van der Waals surface area (Å²) < 4.78 is 18.7. The normalized spacial score (nSPS) is 14.6. The summed E-state index contributed by atoms with van der Waals surface area (Å²) in [4.78, 5) is 39.2. The highest BCUT2D eigenvalue weighted by Gasteiger charge is 2.30. The highest BCUT2D eigenvalue weighted by atomic mass is 16.5. The van der Waals surface area contributed by atoms with Crippen molar-refractivity contribution in [3.63, 3.8) is 0 Å². The molecule has 1 aromatic heterocycles. The maximum Gasteiger partial charge on any atom is 0.248 e. The van der Waals surface area contributed by atoms with E-state index < -0.39 is 12.1 Å². The molecule has 3 aromatic rings. The molecule has 0 spiro atoms. The van der Waals surface area contributed by atoms with E-state index in [1.807, 2.05) is 26.0 Å². The lowest BCUT2D eigenvalue weighted by Gasteiger charge is -2.20. The monoisotopic (exact) mass is 577 g/mol. The fourth-order valence-electron chi connectivity index (χ4n) is 5.41. The Bertz CT molecular complexity index is 1530. The number of ether oxygens (including phenoxy) is 3. The SMILES string of the molecule is COc1cc2c(c(OC)c1OC)-c1ccc(N[C@@H](CC(C)C)C(=O)Nc3ccn(C)n3)c(=O)cc1[C@@H](NC(C)=O)CC2. The summed E-state index contributed by atoms with van der Waals surface area (Å²) in [6, 6.07) is 7.53. The number of carbonyl (C=O) groups excluding carboxylic acids is 2. The van der Waals surface area contributed by atoms with E-state index >= 15 is 0 Å². The van der Waals surface area contributed by atoms with E-state index in [1.54, 1.807) is 44.3 Å². The maximum atomic E-state index is 13.7. The van der Waals surface area contributed by atoms with E-state index in [4.69, 9.17) is 14.2 Å². The van der Waals surface area contributed by atoms with Crippen molar-refractivity contribution >= 4 is 23.3 Å². The third-order valence-electron chi connectivity index (χ3n) is 7.23. The van der Waals surface area contributed by atoms with Crippen molar-refractivity contribution in [2.45, 2.75) is 52.1 Å². The molecule has 0 unspecified atom stereocenters. The lowest BCUT2D eigenvalue weighted by atomic mass is 9.95. The molecule has 2 amide bonds. The summed E-state index contributed by atoms with van der Waals surface area (Å²) in [7, 11) is 6.43. The second-order valence-electron chi connectivity index (χ2n) is 10.8. The van der Waals surface area contributed by atoms with Crippen LogP contribution < -0.4 is 35.6 Å². The summed E-state index contributed by atoms with van der Waals surface area (Å²) in [5, 5.41) is 13.3. The van der Waals surface area contributed by atoms with Gasteiger partial charge in [0.15, 0.2) is 17.3 Å². The van der Waals surface area contributed by atoms with Crippen LogP contribution in [0.15, 0.2) is 41.3 Å². The molecule has 224 valence electrons. The van der Waals surface area contributed by atoms with Crippen molar-refractivity contribution in [2.75, 3.05) is 32.0 Å². The summed E-state index contributed by atoms with van der Waals surface area (Å²) in [5.41, 5.74) is 2.99. The van der Waals surface area contributed by atoms with Gasteiger partial charge in [-0.2, -0.15) is 5.10 Å². The molecule has 0 fully saturated rings. The van der Waals surface area contributed by atoms with Gasteiger partial charge < -0.3 is 30.2 Å². The van der Waals surface area contributed by atoms with Crippen LogP contribution in [0.25, 0.3) is 11.1 Å². The van der Waals surface area contributed by atoms with Crippen LogP contribution in [-0.2, 0) is 23.1 Å². The molecule has 3 N–H and O–H groups in total. The van der Waals surface area contributed by atoms with Crippen molar-refractivity contribution in [2.24, 2.45) is 13.0 Å². The number of hydrogen-bond acceptors (Lipinski definition) is 8. The van der Waals surface area contributed by atoms with Crippen LogP contribution in [0.2, 0.25) is 0 Å². The fraction of sp³-hybridized carbons (Fsp3) is 0.419. The maximum absolute atomic E-state index is 13.7. The van der Waals surface area contributed by atoms with Crippen molar-refractivity contribution in [1.82, 2.24) is 15.1 Å². The molecule has 0 saturated carbocycles. The summed E-state index contributed by atoms with van der Waals surface area (Å²) >= 11 is 0. The van der Waals surface area contributed by atoms with Gasteiger partial charge in [-0.15, -0.1) is 0 Å². The van der Waals surface area contributed by atoms with Gasteiger partial charge in [-0.25, -0.2) is 0 Å². The number of benzene rings is 1. The van der Waals surface area contributed by atoms with E-state index in [0.29, 0.717) is 53.5 Å². The number of methoxy groups -OCH3 is 3. The van der Waals surface area contributed by atoms with Gasteiger partial charge in [0.1, 0.15) is 6.04 Å². The molecule has 1 heterocycles. The number of hydrogen-bond donors (Lipinski definition) is 3. The van der Waals surface area contributed by atoms with Crippen molar-refractivity contribution in [1.29, 1.82) is 0 Å². The number of aromatic nitrogens is 2. The molecule has 1 aliphatic carbocycles. The first kappa shape index (κ1) is 30.4. The van der Waals surface area contributed by atoms with Crippen LogP contribution in [0, 0.1) is 5.92 Å². The Morgan fingerprint density at radius 2 is 1.81 bits per heavy atom. The van der Waals surface area contributed by atoms with E-state index in [2.05, 4.69) is 21.0 Å². The third-order valence-corrected chi connectivity index (χ3v) is 7.23. The highest BCUT2D eigenvalue weighted by Crippen LogP contribution is 2.50. The second kappa shape index (κ2) is 13.0. The van der Waals surface area contributed by atoms with Crippen LogP contribution >= 0.6 is 0 Å². The lowest BCUT2D eigenvalue weighted by molar-refractivity contribution is -0.120. The Labute approximate surface area is 245 Å². The molecule has 4 rings (SSSR count). The molecule has 0 radical (unpaired) electrons. The largest absolute Gasteiger partial charge is 0.493 e. The Balaban J connectivity index is 1.86. The predicted molar refractivity (Wildman–Crippen MR) is 161 cm³/mol. The van der Waals surface area contributed by atoms with Crippen LogP contribution in [0.5, 0.6) is 17.2 Å². The molecule has 0 bridgehead atoms. The van der Waals surface area contributed by atoms with Gasteiger partial charge in [-0.3, -0.25) is 19.1 Å². The minimum absolute atomic E-state index is 0.170. The first-order valence-corrected chi connectivity index (χ1v) is 13.9. The average Bonchev–Trinajstić information content (AvgIpc) is 3.21. The number of aryl methyl sites for hydroxylation is 2. The second-order valence-corrected chi connectivity index (χ2v) is 10.8. The van der Waals surface area contributed by atoms with Crippen molar-refractivity contribution in [3.8, 4) is 28.4 Å². The number of carbonyl (C=O) groups is 2. The molecular formula is C31H39N5O6. The van der Waals surface area contributed by atoms with Crippen LogP contribution in [0.1, 0.15) is 50.8 Å². The first-order chi connectivity index (χ1) is 20.1. The Hall–Kier alpha value is -4.54. The number of nitrogens with one attached hydrogen (secondary N) is 3. The van der Waals surface area contributed by atoms with E-state index in [0.717, 1.165) is 11.1 Å². The number of nitrogens with zero attached hydrogens (tertiary/aromatic N) is 2. The minimum atomic E-state index is -0.695. The van der Waals surface area contributed by atoms with Crippen molar-refractivity contribution in [3.05, 3.63) is 57.9 Å². The average molecular weight is 578 g/mol. The topological polar surface area (TPSA) is 133 Å². The number of amides is 2. The van der Waals surface area contributed by atoms with Gasteiger partial charge in [0.25, 0.3) is 0 Å². The molecular weight excluding hydrogens is 538 g/mol. The van der Waals surface area contributed by atoms with Gasteiger partial charge in [0.2, 0.25) is 23.0 Å². The first-order valence-electron chi connectivity index (χ1n) is 13.9. The molecule has 11 heteroatoms. The summed E-state index contributed by atoms with van der Waals surface area (Å²) in [5.74, 6) is 1.51. The van der Waals surface area contributed by atoms with Gasteiger partial charge in [0.05, 0.1) is 33.1 Å². The third kappa shape index (κ3) is 6.50.